The molecule has 1 heterocycles. The first-order valence-electron chi connectivity index (χ1n) is 5.80. The van der Waals surface area contributed by atoms with E-state index in [9.17, 15) is 9.59 Å². The van der Waals surface area contributed by atoms with Gasteiger partial charge in [-0.05, 0) is 27.7 Å². The zero-order chi connectivity index (χ0) is 14.6. The number of aromatic nitrogens is 2. The van der Waals surface area contributed by atoms with Crippen LogP contribution in [-0.2, 0) is 9.53 Å². The monoisotopic (exact) mass is 267 g/mol. The number of carbonyl (C=O) groups excluding carboxylic acids is 1. The van der Waals surface area contributed by atoms with Crippen molar-refractivity contribution in [3.8, 4) is 0 Å². The average molecular weight is 267 g/mol. The van der Waals surface area contributed by atoms with E-state index in [2.05, 4.69) is 15.3 Å². The van der Waals surface area contributed by atoms with Crippen LogP contribution in [0.25, 0.3) is 0 Å². The number of carboxylic acid groups (broad SMARTS) is 1. The van der Waals surface area contributed by atoms with Crippen LogP contribution in [0, 0.1) is 6.92 Å². The molecule has 1 rings (SSSR count). The van der Waals surface area contributed by atoms with Crippen LogP contribution in [0.1, 0.15) is 36.8 Å². The highest BCUT2D eigenvalue weighted by Crippen LogP contribution is 2.13. The topological polar surface area (TPSA) is 101 Å². The predicted octanol–water partition coefficient (Wildman–Crippen LogP) is 1.24. The second-order valence-electron chi connectivity index (χ2n) is 4.47. The highest BCUT2D eigenvalue weighted by Gasteiger charge is 2.28. The maximum atomic E-state index is 11.6. The number of ether oxygens (including phenoxy) is 1. The third kappa shape index (κ3) is 3.64. The SMILES string of the molecule is CCOC(=O)c1cnc(NC(C)(C)C(=O)O)nc1C. The third-order valence-electron chi connectivity index (χ3n) is 2.43. The van der Waals surface area contributed by atoms with Crippen LogP contribution in [0.4, 0.5) is 5.95 Å². The molecule has 0 unspecified atom stereocenters. The number of rotatable bonds is 5. The van der Waals surface area contributed by atoms with E-state index >= 15 is 0 Å². The van der Waals surface area contributed by atoms with Gasteiger partial charge in [0.1, 0.15) is 5.54 Å². The maximum Gasteiger partial charge on any atom is 0.341 e. The summed E-state index contributed by atoms with van der Waals surface area (Å²) in [7, 11) is 0. The summed E-state index contributed by atoms with van der Waals surface area (Å²) in [4.78, 5) is 30.5. The van der Waals surface area contributed by atoms with Crippen LogP contribution in [-0.4, -0.2) is 39.2 Å². The average Bonchev–Trinajstić information content (AvgIpc) is 2.28. The molecule has 104 valence electrons. The van der Waals surface area contributed by atoms with Gasteiger partial charge in [0, 0.05) is 6.20 Å². The van der Waals surface area contributed by atoms with Crippen molar-refractivity contribution < 1.29 is 19.4 Å². The van der Waals surface area contributed by atoms with Gasteiger partial charge in [-0.3, -0.25) is 0 Å². The Bertz CT molecular complexity index is 500. The van der Waals surface area contributed by atoms with Crippen molar-refractivity contribution in [1.82, 2.24) is 9.97 Å². The lowest BCUT2D eigenvalue weighted by atomic mass is 10.1. The van der Waals surface area contributed by atoms with Gasteiger partial charge in [0.15, 0.2) is 0 Å². The summed E-state index contributed by atoms with van der Waals surface area (Å²) in [6.07, 6.45) is 1.32. The number of nitrogens with one attached hydrogen (secondary N) is 1. The number of aliphatic carboxylic acids is 1. The Morgan fingerprint density at radius 3 is 2.58 bits per heavy atom. The number of esters is 1. The van der Waals surface area contributed by atoms with Crippen molar-refractivity contribution in [3.63, 3.8) is 0 Å². The Morgan fingerprint density at radius 1 is 1.47 bits per heavy atom. The van der Waals surface area contributed by atoms with Crippen LogP contribution in [0.2, 0.25) is 0 Å². The fraction of sp³-hybridized carbons (Fsp3) is 0.500. The Balaban J connectivity index is 2.94. The molecular formula is C12H17N3O4. The molecule has 0 spiro atoms. The van der Waals surface area contributed by atoms with Gasteiger partial charge < -0.3 is 15.2 Å². The fourth-order valence-electron chi connectivity index (χ4n) is 1.27. The number of carbonyl (C=O) groups is 2. The second kappa shape index (κ2) is 5.64. The highest BCUT2D eigenvalue weighted by atomic mass is 16.5. The molecule has 0 aliphatic rings. The Labute approximate surface area is 111 Å². The minimum absolute atomic E-state index is 0.151. The molecule has 0 aliphatic heterocycles. The van der Waals surface area contributed by atoms with Gasteiger partial charge in [-0.15, -0.1) is 0 Å². The standard InChI is InChI=1S/C12H17N3O4/c1-5-19-9(16)8-6-13-11(14-7(8)2)15-12(3,4)10(17)18/h6H,5H2,1-4H3,(H,17,18)(H,13,14,15). The molecule has 0 fully saturated rings. The smallest absolute Gasteiger partial charge is 0.341 e. The molecule has 1 aromatic rings. The number of hydrogen-bond acceptors (Lipinski definition) is 6. The van der Waals surface area contributed by atoms with Gasteiger partial charge in [-0.25, -0.2) is 19.6 Å². The summed E-state index contributed by atoms with van der Waals surface area (Å²) in [5.74, 6) is -1.37. The van der Waals surface area contributed by atoms with Crippen molar-refractivity contribution in [2.45, 2.75) is 33.2 Å². The lowest BCUT2D eigenvalue weighted by Gasteiger charge is -2.21. The summed E-state index contributed by atoms with van der Waals surface area (Å²) in [5, 5.41) is 11.7. The lowest BCUT2D eigenvalue weighted by molar-refractivity contribution is -0.141. The first-order valence-corrected chi connectivity index (χ1v) is 5.80. The third-order valence-corrected chi connectivity index (χ3v) is 2.43. The van der Waals surface area contributed by atoms with Crippen LogP contribution < -0.4 is 5.32 Å². The normalized spacial score (nSPS) is 10.9. The largest absolute Gasteiger partial charge is 0.480 e. The van der Waals surface area contributed by atoms with Gasteiger partial charge in [-0.1, -0.05) is 0 Å². The number of anilines is 1. The van der Waals surface area contributed by atoms with Crippen molar-refractivity contribution in [3.05, 3.63) is 17.5 Å². The number of aryl methyl sites for hydroxylation is 1. The summed E-state index contributed by atoms with van der Waals surface area (Å²) >= 11 is 0. The molecule has 0 aromatic carbocycles. The van der Waals surface area contributed by atoms with E-state index in [0.717, 1.165) is 0 Å². The number of nitrogens with zero attached hydrogens (tertiary/aromatic N) is 2. The molecule has 7 heteroatoms. The first-order chi connectivity index (χ1) is 8.77. The fourth-order valence-corrected chi connectivity index (χ4v) is 1.27. The van der Waals surface area contributed by atoms with Crippen LogP contribution in [0.3, 0.4) is 0 Å². The van der Waals surface area contributed by atoms with E-state index in [-0.39, 0.29) is 18.1 Å². The van der Waals surface area contributed by atoms with Gasteiger partial charge in [0.05, 0.1) is 17.9 Å². The van der Waals surface area contributed by atoms with Gasteiger partial charge >= 0.3 is 11.9 Å². The van der Waals surface area contributed by atoms with E-state index < -0.39 is 17.5 Å². The summed E-state index contributed by atoms with van der Waals surface area (Å²) < 4.78 is 4.85. The van der Waals surface area contributed by atoms with Crippen molar-refractivity contribution in [1.29, 1.82) is 0 Å². The molecule has 19 heavy (non-hydrogen) atoms. The molecule has 0 aliphatic carbocycles. The second-order valence-corrected chi connectivity index (χ2v) is 4.47. The van der Waals surface area contributed by atoms with Crippen molar-refractivity contribution in [2.75, 3.05) is 11.9 Å². The van der Waals surface area contributed by atoms with E-state index in [1.54, 1.807) is 13.8 Å². The summed E-state index contributed by atoms with van der Waals surface area (Å²) in [6, 6.07) is 0. The zero-order valence-corrected chi connectivity index (χ0v) is 11.4. The maximum absolute atomic E-state index is 11.6. The molecule has 0 saturated carbocycles. The van der Waals surface area contributed by atoms with Crippen LogP contribution in [0.5, 0.6) is 0 Å². The Morgan fingerprint density at radius 2 is 2.11 bits per heavy atom. The van der Waals surface area contributed by atoms with E-state index in [1.165, 1.54) is 20.0 Å². The first kappa shape index (κ1) is 14.9. The Hall–Kier alpha value is -2.18. The quantitative estimate of drug-likeness (QED) is 0.774. The minimum atomic E-state index is -1.20. The molecule has 0 radical (unpaired) electrons. The molecule has 2 N–H and O–H groups in total. The summed E-state index contributed by atoms with van der Waals surface area (Å²) in [6.45, 7) is 6.59. The van der Waals surface area contributed by atoms with E-state index in [1.807, 2.05) is 0 Å². The zero-order valence-electron chi connectivity index (χ0n) is 11.4. The van der Waals surface area contributed by atoms with E-state index in [4.69, 9.17) is 9.84 Å². The molecule has 1 aromatic heterocycles. The van der Waals surface area contributed by atoms with Crippen molar-refractivity contribution >= 4 is 17.9 Å². The minimum Gasteiger partial charge on any atom is -0.480 e. The molecule has 7 nitrogen and oxygen atoms in total. The highest BCUT2D eigenvalue weighted by molar-refractivity contribution is 5.90. The van der Waals surface area contributed by atoms with Crippen LogP contribution >= 0.6 is 0 Å². The van der Waals surface area contributed by atoms with Gasteiger partial charge in [-0.2, -0.15) is 0 Å². The Kier molecular flexibility index (Phi) is 4.42. The lowest BCUT2D eigenvalue weighted by Crippen LogP contribution is -2.40. The summed E-state index contributed by atoms with van der Waals surface area (Å²) in [5.41, 5.74) is -0.504. The van der Waals surface area contributed by atoms with E-state index in [0.29, 0.717) is 5.69 Å². The van der Waals surface area contributed by atoms with Gasteiger partial charge in [0.2, 0.25) is 5.95 Å². The molecular weight excluding hydrogens is 250 g/mol. The molecule has 0 atom stereocenters. The molecule has 0 bridgehead atoms. The predicted molar refractivity (Wildman–Crippen MR) is 68.1 cm³/mol. The number of carboxylic acids is 1. The molecule has 0 saturated heterocycles. The molecule has 0 amide bonds. The van der Waals surface area contributed by atoms with Crippen molar-refractivity contribution in [2.24, 2.45) is 0 Å². The van der Waals surface area contributed by atoms with Crippen LogP contribution in [0.15, 0.2) is 6.20 Å². The number of hydrogen-bond donors (Lipinski definition) is 2. The van der Waals surface area contributed by atoms with Gasteiger partial charge in [0.25, 0.3) is 0 Å².